The minimum Gasteiger partial charge on any atom is -0.456 e. The van der Waals surface area contributed by atoms with Gasteiger partial charge in [-0.1, -0.05) is 184 Å². The van der Waals surface area contributed by atoms with Gasteiger partial charge in [-0.05, 0) is 113 Å². The average Bonchev–Trinajstić information content (AvgIpc) is 3.38. The van der Waals surface area contributed by atoms with E-state index in [-0.39, 0.29) is 5.41 Å². The smallest absolute Gasteiger partial charge is 0.135 e. The first-order valence-electron chi connectivity index (χ1n) is 19.5. The van der Waals surface area contributed by atoms with Crippen LogP contribution in [0.15, 0.2) is 192 Å². The fourth-order valence-corrected chi connectivity index (χ4v) is 9.27. The van der Waals surface area contributed by atoms with Gasteiger partial charge in [0.15, 0.2) is 0 Å². The van der Waals surface area contributed by atoms with E-state index in [0.29, 0.717) is 0 Å². The van der Waals surface area contributed by atoms with Crippen molar-refractivity contribution in [1.29, 1.82) is 0 Å². The quantitative estimate of drug-likeness (QED) is 0.162. The van der Waals surface area contributed by atoms with E-state index in [9.17, 15) is 0 Å². The first-order chi connectivity index (χ1) is 27.5. The number of fused-ring (bicyclic) bond motifs is 4. The molecule has 1 heteroatoms. The number of hydrogen-bond donors (Lipinski definition) is 0. The lowest BCUT2D eigenvalue weighted by atomic mass is 9.81. The summed E-state index contributed by atoms with van der Waals surface area (Å²) in [4.78, 5) is 0. The van der Waals surface area contributed by atoms with Gasteiger partial charge in [0, 0.05) is 16.2 Å². The van der Waals surface area contributed by atoms with E-state index in [2.05, 4.69) is 208 Å². The molecule has 1 aromatic heterocycles. The van der Waals surface area contributed by atoms with Crippen molar-refractivity contribution >= 4 is 55.1 Å². The highest BCUT2D eigenvalue weighted by molar-refractivity contribution is 6.24. The lowest BCUT2D eigenvalue weighted by Crippen LogP contribution is -2.15. The third-order valence-corrected chi connectivity index (χ3v) is 12.1. The highest BCUT2D eigenvalue weighted by atomic mass is 16.3. The van der Waals surface area contributed by atoms with Crippen molar-refractivity contribution in [2.24, 2.45) is 0 Å². The lowest BCUT2D eigenvalue weighted by Gasteiger charge is -2.22. The van der Waals surface area contributed by atoms with Gasteiger partial charge in [-0.15, -0.1) is 0 Å². The van der Waals surface area contributed by atoms with E-state index in [0.717, 1.165) is 22.1 Å². The van der Waals surface area contributed by atoms with Gasteiger partial charge in [0.1, 0.15) is 11.2 Å². The molecule has 1 heterocycles. The van der Waals surface area contributed by atoms with Crippen LogP contribution < -0.4 is 0 Å². The molecule has 0 N–H and O–H groups in total. The third kappa shape index (κ3) is 5.08. The van der Waals surface area contributed by atoms with Crippen LogP contribution in [0.3, 0.4) is 0 Å². The summed E-state index contributed by atoms with van der Waals surface area (Å²) in [5.41, 5.74) is 16.7. The third-order valence-electron chi connectivity index (χ3n) is 12.1. The molecule has 11 rings (SSSR count). The van der Waals surface area contributed by atoms with Crippen molar-refractivity contribution in [2.45, 2.75) is 19.3 Å². The molecule has 0 atom stereocenters. The second-order valence-electron chi connectivity index (χ2n) is 15.7. The molecule has 0 amide bonds. The van der Waals surface area contributed by atoms with E-state index in [1.807, 2.05) is 0 Å². The van der Waals surface area contributed by atoms with Crippen LogP contribution in [0.1, 0.15) is 41.7 Å². The Morgan fingerprint density at radius 1 is 0.429 bits per heavy atom. The Morgan fingerprint density at radius 3 is 1.86 bits per heavy atom. The molecule has 0 radical (unpaired) electrons. The van der Waals surface area contributed by atoms with Crippen molar-refractivity contribution in [2.75, 3.05) is 0 Å². The Hall–Kier alpha value is -6.96. The summed E-state index contributed by atoms with van der Waals surface area (Å²) in [5, 5.41) is 7.11. The zero-order valence-corrected chi connectivity index (χ0v) is 31.4. The molecule has 56 heavy (non-hydrogen) atoms. The van der Waals surface area contributed by atoms with Crippen LogP contribution in [0.5, 0.6) is 0 Å². The van der Waals surface area contributed by atoms with Gasteiger partial charge in [0.25, 0.3) is 0 Å². The maximum Gasteiger partial charge on any atom is 0.135 e. The molecule has 10 aromatic rings. The molecule has 0 aliphatic heterocycles. The topological polar surface area (TPSA) is 13.1 Å². The second kappa shape index (κ2) is 12.5. The van der Waals surface area contributed by atoms with Crippen molar-refractivity contribution in [3.05, 3.63) is 216 Å². The second-order valence-corrected chi connectivity index (χ2v) is 15.7. The van der Waals surface area contributed by atoms with Crippen molar-refractivity contribution in [3.8, 4) is 33.4 Å². The summed E-state index contributed by atoms with van der Waals surface area (Å²) >= 11 is 0. The van der Waals surface area contributed by atoms with Crippen molar-refractivity contribution < 1.29 is 4.42 Å². The van der Waals surface area contributed by atoms with Gasteiger partial charge < -0.3 is 4.42 Å². The zero-order valence-electron chi connectivity index (χ0n) is 31.4. The minimum absolute atomic E-state index is 0.0795. The summed E-state index contributed by atoms with van der Waals surface area (Å²) in [5.74, 6) is 0. The summed E-state index contributed by atoms with van der Waals surface area (Å²) in [6.45, 7) is 4.71. The molecule has 9 aromatic carbocycles. The maximum atomic E-state index is 6.67. The maximum absolute atomic E-state index is 6.67. The Bertz CT molecular complexity index is 3170. The highest BCUT2D eigenvalue weighted by Crippen LogP contribution is 2.49. The van der Waals surface area contributed by atoms with Crippen LogP contribution >= 0.6 is 0 Å². The van der Waals surface area contributed by atoms with Crippen LogP contribution in [-0.2, 0) is 5.41 Å². The molecule has 0 spiro atoms. The Morgan fingerprint density at radius 2 is 1.04 bits per heavy atom. The molecule has 0 saturated heterocycles. The number of rotatable bonds is 5. The molecule has 1 aliphatic carbocycles. The molecule has 0 unspecified atom stereocenters. The molecule has 0 bridgehead atoms. The van der Waals surface area contributed by atoms with E-state index in [4.69, 9.17) is 4.42 Å². The van der Waals surface area contributed by atoms with Crippen molar-refractivity contribution in [3.63, 3.8) is 0 Å². The summed E-state index contributed by atoms with van der Waals surface area (Å²) in [6, 6.07) is 68.5. The molecular weight excluding hydrogens is 677 g/mol. The predicted molar refractivity (Wildman–Crippen MR) is 237 cm³/mol. The molecule has 1 nitrogen and oxygen atoms in total. The van der Waals surface area contributed by atoms with E-state index < -0.39 is 0 Å². The highest BCUT2D eigenvalue weighted by Gasteiger charge is 2.35. The van der Waals surface area contributed by atoms with E-state index >= 15 is 0 Å². The van der Waals surface area contributed by atoms with E-state index in [1.165, 1.54) is 88.1 Å². The standard InChI is InChI=1S/C55H38O/c1-55(2)49-19-7-6-15-43(49)44-30-29-41(34-50(44)55)48(39-27-25-37(26-28-39)36-11-4-3-5-12-36)33-35-21-23-38(24-22-35)42-31-32-52-54-45(42)17-10-18-47(54)46-16-8-13-40-14-9-20-51(56-52)53(40)46/h3-34H,1-2H3/b48-33+. The van der Waals surface area contributed by atoms with Crippen LogP contribution in [0, 0.1) is 0 Å². The Kier molecular flexibility index (Phi) is 7.28. The zero-order chi connectivity index (χ0) is 37.4. The van der Waals surface area contributed by atoms with Crippen LogP contribution in [0.25, 0.3) is 88.5 Å². The van der Waals surface area contributed by atoms with Gasteiger partial charge in [-0.25, -0.2) is 0 Å². The Balaban J connectivity index is 1.03. The van der Waals surface area contributed by atoms with Gasteiger partial charge in [-0.2, -0.15) is 0 Å². The summed E-state index contributed by atoms with van der Waals surface area (Å²) in [7, 11) is 0. The van der Waals surface area contributed by atoms with E-state index in [1.54, 1.807) is 0 Å². The Labute approximate surface area is 326 Å². The van der Waals surface area contributed by atoms with Gasteiger partial charge in [-0.3, -0.25) is 0 Å². The average molecular weight is 715 g/mol. The van der Waals surface area contributed by atoms with Crippen LogP contribution in [0.4, 0.5) is 0 Å². The number of hydrogen-bond acceptors (Lipinski definition) is 1. The fraction of sp³-hybridized carbons (Fsp3) is 0.0545. The first kappa shape index (κ1) is 32.5. The monoisotopic (exact) mass is 714 g/mol. The number of benzene rings is 9. The first-order valence-corrected chi connectivity index (χ1v) is 19.5. The van der Waals surface area contributed by atoms with Gasteiger partial charge in [0.05, 0.1) is 0 Å². The largest absolute Gasteiger partial charge is 0.456 e. The van der Waals surface area contributed by atoms with Crippen LogP contribution in [-0.4, -0.2) is 0 Å². The lowest BCUT2D eigenvalue weighted by molar-refractivity contribution is 0.660. The fourth-order valence-electron chi connectivity index (χ4n) is 9.27. The molecule has 264 valence electrons. The van der Waals surface area contributed by atoms with Crippen LogP contribution in [0.2, 0.25) is 0 Å². The van der Waals surface area contributed by atoms with Gasteiger partial charge >= 0.3 is 0 Å². The molecule has 0 saturated carbocycles. The molecule has 0 fully saturated rings. The van der Waals surface area contributed by atoms with Gasteiger partial charge in [0.2, 0.25) is 0 Å². The summed E-state index contributed by atoms with van der Waals surface area (Å²) in [6.07, 6.45) is 2.35. The predicted octanol–water partition coefficient (Wildman–Crippen LogP) is 15.1. The SMILES string of the molecule is CC1(C)c2ccccc2-c2ccc(/C(=C/c3ccc(-c4ccc5oc6cccc7cccc(c8cccc4c58)c76)cc3)c3ccc(-c4ccccc4)cc3)cc21. The normalized spacial score (nSPS) is 13.4. The minimum atomic E-state index is -0.0795. The summed E-state index contributed by atoms with van der Waals surface area (Å²) < 4.78 is 6.67. The molecule has 1 aliphatic rings. The van der Waals surface area contributed by atoms with Crippen molar-refractivity contribution in [1.82, 2.24) is 0 Å². The molecular formula is C55H38O.